The Morgan fingerprint density at radius 2 is 2.17 bits per heavy atom. The topological polar surface area (TPSA) is 92.4 Å². The minimum atomic E-state index is -0.902. The summed E-state index contributed by atoms with van der Waals surface area (Å²) in [4.78, 5) is 20.8. The molecule has 1 aliphatic carbocycles. The van der Waals surface area contributed by atoms with Crippen LogP contribution < -0.4 is 11.1 Å². The van der Waals surface area contributed by atoms with Gasteiger partial charge in [-0.05, 0) is 18.8 Å². The lowest BCUT2D eigenvalue weighted by Gasteiger charge is -2.13. The predicted molar refractivity (Wildman–Crippen MR) is 41.5 cm³/mol. The molecule has 68 valence electrons. The number of hydrogen-bond acceptors (Lipinski definition) is 2. The van der Waals surface area contributed by atoms with Gasteiger partial charge in [-0.2, -0.15) is 0 Å². The largest absolute Gasteiger partial charge is 0.481 e. The van der Waals surface area contributed by atoms with Crippen LogP contribution in [0.2, 0.25) is 0 Å². The molecule has 1 saturated carbocycles. The number of urea groups is 1. The van der Waals surface area contributed by atoms with Crippen LogP contribution >= 0.6 is 0 Å². The molecule has 12 heavy (non-hydrogen) atoms. The van der Waals surface area contributed by atoms with Crippen LogP contribution in [0, 0.1) is 5.92 Å². The molecule has 1 rings (SSSR count). The Bertz CT molecular complexity index is 185. The number of nitrogens with two attached hydrogens (primary N) is 1. The zero-order valence-electron chi connectivity index (χ0n) is 6.62. The molecule has 2 amide bonds. The van der Waals surface area contributed by atoms with E-state index < -0.39 is 12.0 Å². The van der Waals surface area contributed by atoms with Crippen molar-refractivity contribution in [3.63, 3.8) is 0 Å². The molecule has 0 spiro atoms. The predicted octanol–water partition coefficient (Wildman–Crippen LogP) is -0.0920. The monoisotopic (exact) mass is 172 g/mol. The van der Waals surface area contributed by atoms with E-state index in [-0.39, 0.29) is 12.5 Å². The number of carbonyl (C=O) groups excluding carboxylic acids is 1. The molecule has 0 aromatic rings. The number of primary amides is 1. The molecule has 4 N–H and O–H groups in total. The van der Waals surface area contributed by atoms with E-state index >= 15 is 0 Å². The fraction of sp³-hybridized carbons (Fsp3) is 0.714. The second-order valence-electron chi connectivity index (χ2n) is 3.05. The first-order chi connectivity index (χ1) is 5.59. The van der Waals surface area contributed by atoms with Gasteiger partial charge in [0.15, 0.2) is 0 Å². The SMILES string of the molecule is NC(=O)NC(CC(=O)O)C1CC1. The molecular formula is C7H12N2O3. The van der Waals surface area contributed by atoms with Gasteiger partial charge in [0.2, 0.25) is 0 Å². The van der Waals surface area contributed by atoms with E-state index in [1.54, 1.807) is 0 Å². The van der Waals surface area contributed by atoms with Gasteiger partial charge in [0, 0.05) is 6.04 Å². The van der Waals surface area contributed by atoms with Gasteiger partial charge in [-0.3, -0.25) is 4.79 Å². The number of aliphatic carboxylic acids is 1. The molecule has 0 radical (unpaired) electrons. The molecule has 0 heterocycles. The van der Waals surface area contributed by atoms with Gasteiger partial charge in [0.05, 0.1) is 6.42 Å². The van der Waals surface area contributed by atoms with Gasteiger partial charge in [0.1, 0.15) is 0 Å². The van der Waals surface area contributed by atoms with Crippen molar-refractivity contribution in [1.29, 1.82) is 0 Å². The van der Waals surface area contributed by atoms with Crippen LogP contribution in [0.1, 0.15) is 19.3 Å². The summed E-state index contributed by atoms with van der Waals surface area (Å²) in [5, 5.41) is 10.9. The van der Waals surface area contributed by atoms with Crippen LogP contribution in [0.25, 0.3) is 0 Å². The number of carbonyl (C=O) groups is 2. The van der Waals surface area contributed by atoms with Gasteiger partial charge in [-0.1, -0.05) is 0 Å². The Hall–Kier alpha value is -1.26. The first-order valence-electron chi connectivity index (χ1n) is 3.87. The van der Waals surface area contributed by atoms with E-state index in [0.717, 1.165) is 12.8 Å². The van der Waals surface area contributed by atoms with E-state index in [1.807, 2.05) is 0 Å². The third-order valence-corrected chi connectivity index (χ3v) is 1.91. The summed E-state index contributed by atoms with van der Waals surface area (Å²) < 4.78 is 0. The number of hydrogen-bond donors (Lipinski definition) is 3. The summed E-state index contributed by atoms with van der Waals surface area (Å²) in [6.45, 7) is 0. The van der Waals surface area contributed by atoms with E-state index in [9.17, 15) is 9.59 Å². The normalized spacial score (nSPS) is 18.3. The van der Waals surface area contributed by atoms with Crippen molar-refractivity contribution in [2.45, 2.75) is 25.3 Å². The second kappa shape index (κ2) is 3.42. The van der Waals surface area contributed by atoms with Crippen molar-refractivity contribution < 1.29 is 14.7 Å². The van der Waals surface area contributed by atoms with Crippen molar-refractivity contribution in [3.05, 3.63) is 0 Å². The molecular weight excluding hydrogens is 160 g/mol. The standard InChI is InChI=1S/C7H12N2O3/c8-7(12)9-5(3-6(10)11)4-1-2-4/h4-5H,1-3H2,(H,10,11)(H3,8,9,12). The van der Waals surface area contributed by atoms with Crippen LogP contribution in [-0.4, -0.2) is 23.1 Å². The molecule has 0 saturated heterocycles. The number of carboxylic acids is 1. The average molecular weight is 172 g/mol. The highest BCUT2D eigenvalue weighted by Crippen LogP contribution is 2.33. The molecule has 1 atom stereocenters. The highest BCUT2D eigenvalue weighted by molar-refractivity contribution is 5.74. The van der Waals surface area contributed by atoms with Gasteiger partial charge in [0.25, 0.3) is 0 Å². The lowest BCUT2D eigenvalue weighted by molar-refractivity contribution is -0.137. The van der Waals surface area contributed by atoms with Crippen molar-refractivity contribution in [3.8, 4) is 0 Å². The Labute approximate surface area is 69.9 Å². The maximum absolute atomic E-state index is 10.4. The van der Waals surface area contributed by atoms with Gasteiger partial charge in [-0.15, -0.1) is 0 Å². The summed E-state index contributed by atoms with van der Waals surface area (Å²) in [5.41, 5.74) is 4.89. The Morgan fingerprint density at radius 3 is 2.50 bits per heavy atom. The van der Waals surface area contributed by atoms with Gasteiger partial charge >= 0.3 is 12.0 Å². The maximum atomic E-state index is 10.4. The molecule has 0 bridgehead atoms. The molecule has 5 heteroatoms. The van der Waals surface area contributed by atoms with Gasteiger partial charge < -0.3 is 16.2 Å². The average Bonchev–Trinajstić information content (AvgIpc) is 2.63. The lowest BCUT2D eigenvalue weighted by atomic mass is 10.1. The van der Waals surface area contributed by atoms with E-state index in [1.165, 1.54) is 0 Å². The summed E-state index contributed by atoms with van der Waals surface area (Å²) in [7, 11) is 0. The van der Waals surface area contributed by atoms with E-state index in [0.29, 0.717) is 5.92 Å². The molecule has 1 aliphatic rings. The zero-order valence-corrected chi connectivity index (χ0v) is 6.62. The number of carboxylic acid groups (broad SMARTS) is 1. The minimum absolute atomic E-state index is 0.0341. The van der Waals surface area contributed by atoms with Crippen molar-refractivity contribution in [1.82, 2.24) is 5.32 Å². The Balaban J connectivity index is 2.37. The maximum Gasteiger partial charge on any atom is 0.312 e. The van der Waals surface area contributed by atoms with Crippen LogP contribution in [-0.2, 0) is 4.79 Å². The fourth-order valence-corrected chi connectivity index (χ4v) is 1.20. The zero-order chi connectivity index (χ0) is 9.14. The number of rotatable bonds is 4. The van der Waals surface area contributed by atoms with E-state index in [2.05, 4.69) is 5.32 Å². The smallest absolute Gasteiger partial charge is 0.312 e. The van der Waals surface area contributed by atoms with Crippen LogP contribution in [0.5, 0.6) is 0 Å². The molecule has 0 aromatic heterocycles. The number of amides is 2. The van der Waals surface area contributed by atoms with Crippen molar-refractivity contribution in [2.75, 3.05) is 0 Å². The first-order valence-corrected chi connectivity index (χ1v) is 3.87. The molecule has 1 unspecified atom stereocenters. The van der Waals surface area contributed by atoms with Crippen molar-refractivity contribution in [2.24, 2.45) is 11.7 Å². The molecule has 0 aromatic carbocycles. The van der Waals surface area contributed by atoms with Crippen LogP contribution in [0.15, 0.2) is 0 Å². The third-order valence-electron chi connectivity index (χ3n) is 1.91. The van der Waals surface area contributed by atoms with Crippen LogP contribution in [0.3, 0.4) is 0 Å². The first kappa shape index (κ1) is 8.83. The van der Waals surface area contributed by atoms with Crippen LogP contribution in [0.4, 0.5) is 4.79 Å². The van der Waals surface area contributed by atoms with Gasteiger partial charge in [-0.25, -0.2) is 4.79 Å². The minimum Gasteiger partial charge on any atom is -0.481 e. The summed E-state index contributed by atoms with van der Waals surface area (Å²) in [6.07, 6.45) is 1.93. The summed E-state index contributed by atoms with van der Waals surface area (Å²) in [6, 6.07) is -0.923. The Kier molecular flexibility index (Phi) is 2.52. The van der Waals surface area contributed by atoms with E-state index in [4.69, 9.17) is 10.8 Å². The third kappa shape index (κ3) is 2.77. The Morgan fingerprint density at radius 1 is 1.58 bits per heavy atom. The lowest BCUT2D eigenvalue weighted by Crippen LogP contribution is -2.41. The number of nitrogens with one attached hydrogen (secondary N) is 1. The highest BCUT2D eigenvalue weighted by Gasteiger charge is 2.33. The molecule has 5 nitrogen and oxygen atoms in total. The summed E-state index contributed by atoms with van der Waals surface area (Å²) >= 11 is 0. The second-order valence-corrected chi connectivity index (χ2v) is 3.05. The fourth-order valence-electron chi connectivity index (χ4n) is 1.20. The molecule has 0 aliphatic heterocycles. The van der Waals surface area contributed by atoms with Crippen molar-refractivity contribution >= 4 is 12.0 Å². The highest BCUT2D eigenvalue weighted by atomic mass is 16.4. The summed E-state index contributed by atoms with van der Waals surface area (Å²) in [5.74, 6) is -0.589. The quantitative estimate of drug-likeness (QED) is 0.553. The molecule has 1 fully saturated rings.